The van der Waals surface area contributed by atoms with Crippen LogP contribution in [-0.4, -0.2) is 47.0 Å². The van der Waals surface area contributed by atoms with Crippen LogP contribution < -0.4 is 10.2 Å². The van der Waals surface area contributed by atoms with Crippen molar-refractivity contribution in [2.75, 3.05) is 36.4 Å². The van der Waals surface area contributed by atoms with E-state index < -0.39 is 0 Å². The van der Waals surface area contributed by atoms with Gasteiger partial charge in [-0.05, 0) is 42.8 Å². The second-order valence-corrected chi connectivity index (χ2v) is 8.31. The highest BCUT2D eigenvalue weighted by Gasteiger charge is 2.22. The third-order valence-corrected chi connectivity index (χ3v) is 5.88. The van der Waals surface area contributed by atoms with Crippen LogP contribution >= 0.6 is 22.9 Å². The minimum Gasteiger partial charge on any atom is -0.368 e. The van der Waals surface area contributed by atoms with E-state index in [2.05, 4.69) is 26.3 Å². The van der Waals surface area contributed by atoms with Crippen molar-refractivity contribution in [2.45, 2.75) is 13.3 Å². The fraction of sp³-hybridized carbons (Fsp3) is 0.286. The quantitative estimate of drug-likeness (QED) is 0.663. The van der Waals surface area contributed by atoms with Crippen molar-refractivity contribution in [3.05, 3.63) is 64.3 Å². The van der Waals surface area contributed by atoms with Crippen LogP contribution in [0.15, 0.2) is 48.0 Å². The number of halogens is 1. The minimum absolute atomic E-state index is 0.112. The van der Waals surface area contributed by atoms with Crippen LogP contribution in [-0.2, 0) is 11.2 Å². The summed E-state index contributed by atoms with van der Waals surface area (Å²) in [6.07, 6.45) is 2.08. The number of aromatic nitrogens is 2. The van der Waals surface area contributed by atoms with Crippen LogP contribution in [0.1, 0.15) is 11.3 Å². The maximum Gasteiger partial charge on any atom is 0.228 e. The normalized spacial score (nSPS) is 14.1. The van der Waals surface area contributed by atoms with Gasteiger partial charge in [-0.25, -0.2) is 9.97 Å². The number of rotatable bonds is 5. The van der Waals surface area contributed by atoms with Gasteiger partial charge in [0.15, 0.2) is 5.13 Å². The van der Waals surface area contributed by atoms with Gasteiger partial charge in [-0.2, -0.15) is 0 Å². The molecule has 0 radical (unpaired) electrons. The Morgan fingerprint density at radius 2 is 2.03 bits per heavy atom. The summed E-state index contributed by atoms with van der Waals surface area (Å²) in [6.45, 7) is 5.02. The SMILES string of the molecule is Cc1ccnc(Nc2nc(CC(=O)N3CCN(c4cccc(Cl)c4)CC3)cs2)c1. The maximum absolute atomic E-state index is 12.7. The van der Waals surface area contributed by atoms with E-state index in [-0.39, 0.29) is 5.91 Å². The number of carbonyl (C=O) groups is 1. The summed E-state index contributed by atoms with van der Waals surface area (Å²) in [5.74, 6) is 0.871. The number of nitrogens with one attached hydrogen (secondary N) is 1. The van der Waals surface area contributed by atoms with Crippen molar-refractivity contribution in [3.8, 4) is 0 Å². The van der Waals surface area contributed by atoms with Gasteiger partial charge in [0.05, 0.1) is 12.1 Å². The lowest BCUT2D eigenvalue weighted by Crippen LogP contribution is -2.49. The van der Waals surface area contributed by atoms with E-state index >= 15 is 0 Å². The van der Waals surface area contributed by atoms with Crippen molar-refractivity contribution in [2.24, 2.45) is 0 Å². The second-order valence-electron chi connectivity index (χ2n) is 7.01. The molecule has 1 saturated heterocycles. The van der Waals surface area contributed by atoms with Crippen molar-refractivity contribution < 1.29 is 4.79 Å². The molecule has 1 amide bonds. The summed E-state index contributed by atoms with van der Waals surface area (Å²) in [4.78, 5) is 25.7. The Morgan fingerprint density at radius 1 is 1.21 bits per heavy atom. The van der Waals surface area contributed by atoms with Crippen LogP contribution in [0.2, 0.25) is 5.02 Å². The lowest BCUT2D eigenvalue weighted by Gasteiger charge is -2.36. The Hall–Kier alpha value is -2.64. The molecule has 4 rings (SSSR count). The summed E-state index contributed by atoms with van der Waals surface area (Å²) in [5, 5.41) is 6.61. The van der Waals surface area contributed by atoms with Gasteiger partial charge in [-0.3, -0.25) is 4.79 Å². The standard InChI is InChI=1S/C21H22ClN5OS/c1-15-5-6-23-19(11-15)25-21-24-17(14-29-21)13-20(28)27-9-7-26(8-10-27)18-4-2-3-16(22)12-18/h2-6,11-12,14H,7-10,13H2,1H3,(H,23,24,25). The number of aryl methyl sites for hydroxylation is 1. The number of anilines is 3. The molecule has 0 unspecified atom stereocenters. The van der Waals surface area contributed by atoms with Gasteiger partial charge >= 0.3 is 0 Å². The summed E-state index contributed by atoms with van der Waals surface area (Å²) < 4.78 is 0. The smallest absolute Gasteiger partial charge is 0.228 e. The zero-order valence-electron chi connectivity index (χ0n) is 16.1. The van der Waals surface area contributed by atoms with Gasteiger partial charge in [-0.15, -0.1) is 11.3 Å². The largest absolute Gasteiger partial charge is 0.368 e. The Balaban J connectivity index is 1.30. The van der Waals surface area contributed by atoms with Crippen LogP contribution in [0.4, 0.5) is 16.6 Å². The second kappa shape index (κ2) is 8.80. The predicted molar refractivity (Wildman–Crippen MR) is 118 cm³/mol. The highest BCUT2D eigenvalue weighted by atomic mass is 35.5. The molecule has 8 heteroatoms. The number of piperazine rings is 1. The minimum atomic E-state index is 0.112. The van der Waals surface area contributed by atoms with Crippen molar-refractivity contribution >= 4 is 45.5 Å². The monoisotopic (exact) mass is 427 g/mol. The summed E-state index contributed by atoms with van der Waals surface area (Å²) in [6, 6.07) is 11.8. The third-order valence-electron chi connectivity index (χ3n) is 4.84. The van der Waals surface area contributed by atoms with Crippen LogP contribution in [0.25, 0.3) is 0 Å². The number of thiazole rings is 1. The molecule has 150 valence electrons. The van der Waals surface area contributed by atoms with Gasteiger partial charge in [0.1, 0.15) is 5.82 Å². The number of benzene rings is 1. The van der Waals surface area contributed by atoms with Crippen molar-refractivity contribution in [1.29, 1.82) is 0 Å². The molecule has 29 heavy (non-hydrogen) atoms. The molecule has 0 saturated carbocycles. The van der Waals surface area contributed by atoms with E-state index in [0.29, 0.717) is 19.5 Å². The van der Waals surface area contributed by atoms with Gasteiger partial charge in [0.25, 0.3) is 0 Å². The number of nitrogens with zero attached hydrogens (tertiary/aromatic N) is 4. The molecule has 1 fully saturated rings. The van der Waals surface area contributed by atoms with Gasteiger partial charge < -0.3 is 15.1 Å². The van der Waals surface area contributed by atoms with Gasteiger partial charge in [-0.1, -0.05) is 17.7 Å². The third kappa shape index (κ3) is 5.05. The predicted octanol–water partition coefficient (Wildman–Crippen LogP) is 4.13. The zero-order valence-corrected chi connectivity index (χ0v) is 17.7. The first kappa shape index (κ1) is 19.7. The Morgan fingerprint density at radius 3 is 2.79 bits per heavy atom. The average Bonchev–Trinajstić information content (AvgIpc) is 3.15. The van der Waals surface area contributed by atoms with Gasteiger partial charge in [0, 0.05) is 48.5 Å². The molecule has 2 aromatic heterocycles. The van der Waals surface area contributed by atoms with E-state index in [1.165, 1.54) is 11.3 Å². The Kier molecular flexibility index (Phi) is 5.97. The summed E-state index contributed by atoms with van der Waals surface area (Å²) in [5.41, 5.74) is 3.02. The molecule has 0 aliphatic carbocycles. The average molecular weight is 428 g/mol. The molecule has 1 aliphatic rings. The molecular weight excluding hydrogens is 406 g/mol. The fourth-order valence-corrected chi connectivity index (χ4v) is 4.21. The number of hydrogen-bond donors (Lipinski definition) is 1. The lowest BCUT2D eigenvalue weighted by molar-refractivity contribution is -0.130. The number of hydrogen-bond acceptors (Lipinski definition) is 6. The fourth-order valence-electron chi connectivity index (χ4n) is 3.31. The number of amides is 1. The lowest BCUT2D eigenvalue weighted by atomic mass is 10.2. The topological polar surface area (TPSA) is 61.4 Å². The van der Waals surface area contributed by atoms with E-state index in [0.717, 1.165) is 46.0 Å². The molecule has 0 spiro atoms. The Labute approximate surface area is 179 Å². The number of pyridine rings is 1. The molecule has 0 atom stereocenters. The first-order chi connectivity index (χ1) is 14.1. The first-order valence-electron chi connectivity index (χ1n) is 9.49. The van der Waals surface area contributed by atoms with Gasteiger partial charge in [0.2, 0.25) is 5.91 Å². The zero-order chi connectivity index (χ0) is 20.2. The molecule has 1 aromatic carbocycles. The first-order valence-corrected chi connectivity index (χ1v) is 10.7. The molecule has 3 heterocycles. The van der Waals surface area contributed by atoms with E-state index in [1.54, 1.807) is 6.20 Å². The molecular formula is C21H22ClN5OS. The molecule has 1 N–H and O–H groups in total. The molecule has 0 bridgehead atoms. The molecule has 1 aliphatic heterocycles. The molecule has 6 nitrogen and oxygen atoms in total. The van der Waals surface area contributed by atoms with Crippen LogP contribution in [0.3, 0.4) is 0 Å². The van der Waals surface area contributed by atoms with E-state index in [4.69, 9.17) is 11.6 Å². The summed E-state index contributed by atoms with van der Waals surface area (Å²) >= 11 is 7.57. The van der Waals surface area contributed by atoms with E-state index in [1.807, 2.05) is 47.5 Å². The van der Waals surface area contributed by atoms with Crippen LogP contribution in [0.5, 0.6) is 0 Å². The highest BCUT2D eigenvalue weighted by Crippen LogP contribution is 2.22. The molecule has 3 aromatic rings. The van der Waals surface area contributed by atoms with Crippen molar-refractivity contribution in [3.63, 3.8) is 0 Å². The maximum atomic E-state index is 12.7. The van der Waals surface area contributed by atoms with Crippen molar-refractivity contribution in [1.82, 2.24) is 14.9 Å². The number of carbonyl (C=O) groups excluding carboxylic acids is 1. The summed E-state index contributed by atoms with van der Waals surface area (Å²) in [7, 11) is 0. The highest BCUT2D eigenvalue weighted by molar-refractivity contribution is 7.13. The Bertz CT molecular complexity index is 1000. The van der Waals surface area contributed by atoms with E-state index in [9.17, 15) is 4.79 Å². The van der Waals surface area contributed by atoms with Crippen LogP contribution in [0, 0.1) is 6.92 Å².